The maximum absolute atomic E-state index is 8.75. The Hall–Kier alpha value is -0.0400. The van der Waals surface area contributed by atoms with Crippen molar-refractivity contribution in [3.05, 3.63) is 32.2 Å². The molecule has 0 aliphatic heterocycles. The SMILES string of the molecule is N#Cc1cc(Br)cc(Br)c1CCl. The van der Waals surface area contributed by atoms with Crippen LogP contribution in [0.5, 0.6) is 0 Å². The van der Waals surface area contributed by atoms with E-state index >= 15 is 0 Å². The minimum absolute atomic E-state index is 0.344. The van der Waals surface area contributed by atoms with E-state index < -0.39 is 0 Å². The van der Waals surface area contributed by atoms with Gasteiger partial charge in [0.05, 0.1) is 11.6 Å². The molecule has 1 nitrogen and oxygen atoms in total. The van der Waals surface area contributed by atoms with E-state index in [-0.39, 0.29) is 0 Å². The van der Waals surface area contributed by atoms with Gasteiger partial charge < -0.3 is 0 Å². The highest BCUT2D eigenvalue weighted by Gasteiger charge is 2.06. The topological polar surface area (TPSA) is 23.8 Å². The van der Waals surface area contributed by atoms with Crippen molar-refractivity contribution in [1.29, 1.82) is 5.26 Å². The van der Waals surface area contributed by atoms with Crippen molar-refractivity contribution >= 4 is 43.5 Å². The molecule has 62 valence electrons. The molecule has 0 N–H and O–H groups in total. The number of hydrogen-bond donors (Lipinski definition) is 0. The van der Waals surface area contributed by atoms with E-state index in [1.165, 1.54) is 0 Å². The summed E-state index contributed by atoms with van der Waals surface area (Å²) in [7, 11) is 0. The molecule has 0 bridgehead atoms. The molecule has 1 aromatic carbocycles. The quantitative estimate of drug-likeness (QED) is 0.723. The molecule has 0 radical (unpaired) electrons. The van der Waals surface area contributed by atoms with E-state index in [2.05, 4.69) is 37.9 Å². The Morgan fingerprint density at radius 2 is 2.08 bits per heavy atom. The molecule has 0 fully saturated rings. The Bertz CT molecular complexity index is 344. The van der Waals surface area contributed by atoms with Crippen molar-refractivity contribution < 1.29 is 0 Å². The number of nitrogens with zero attached hydrogens (tertiary/aromatic N) is 1. The molecular weight excluding hydrogens is 305 g/mol. The van der Waals surface area contributed by atoms with Crippen molar-refractivity contribution in [2.75, 3.05) is 0 Å². The zero-order valence-corrected chi connectivity index (χ0v) is 9.87. The number of nitriles is 1. The lowest BCUT2D eigenvalue weighted by atomic mass is 10.1. The molecule has 12 heavy (non-hydrogen) atoms. The van der Waals surface area contributed by atoms with Gasteiger partial charge in [0.1, 0.15) is 0 Å². The Morgan fingerprint density at radius 3 is 2.58 bits per heavy atom. The van der Waals surface area contributed by atoms with Crippen LogP contribution >= 0.6 is 43.5 Å². The first-order valence-electron chi connectivity index (χ1n) is 3.13. The number of alkyl halides is 1. The van der Waals surface area contributed by atoms with Crippen LogP contribution in [0.15, 0.2) is 21.1 Å². The highest BCUT2D eigenvalue weighted by Crippen LogP contribution is 2.26. The molecule has 0 aliphatic rings. The lowest BCUT2D eigenvalue weighted by Gasteiger charge is -2.02. The molecule has 0 aliphatic carbocycles. The summed E-state index contributed by atoms with van der Waals surface area (Å²) < 4.78 is 1.74. The molecule has 0 saturated carbocycles. The smallest absolute Gasteiger partial charge is 0.0995 e. The fourth-order valence-electron chi connectivity index (χ4n) is 0.839. The molecule has 0 atom stereocenters. The first kappa shape index (κ1) is 10.0. The summed E-state index contributed by atoms with van der Waals surface area (Å²) in [5, 5.41) is 8.75. The third-order valence-corrected chi connectivity index (χ3v) is 2.85. The van der Waals surface area contributed by atoms with Gasteiger partial charge in [-0.25, -0.2) is 0 Å². The van der Waals surface area contributed by atoms with E-state index in [4.69, 9.17) is 16.9 Å². The third-order valence-electron chi connectivity index (χ3n) is 1.41. The second kappa shape index (κ2) is 4.27. The van der Waals surface area contributed by atoms with Crippen molar-refractivity contribution in [3.8, 4) is 6.07 Å². The van der Waals surface area contributed by atoms with E-state index in [1.54, 1.807) is 6.07 Å². The van der Waals surface area contributed by atoms with Crippen LogP contribution in [-0.4, -0.2) is 0 Å². The first-order chi connectivity index (χ1) is 5.69. The normalized spacial score (nSPS) is 9.50. The Kier molecular flexibility index (Phi) is 3.57. The fourth-order valence-corrected chi connectivity index (χ4v) is 2.65. The van der Waals surface area contributed by atoms with Gasteiger partial charge in [-0.05, 0) is 17.7 Å². The van der Waals surface area contributed by atoms with Gasteiger partial charge in [-0.15, -0.1) is 11.6 Å². The van der Waals surface area contributed by atoms with Crippen LogP contribution < -0.4 is 0 Å². The number of rotatable bonds is 1. The largest absolute Gasteiger partial charge is 0.192 e. The average Bonchev–Trinajstić information content (AvgIpc) is 2.03. The zero-order valence-electron chi connectivity index (χ0n) is 5.94. The highest BCUT2D eigenvalue weighted by molar-refractivity contribution is 9.11. The minimum Gasteiger partial charge on any atom is -0.192 e. The Balaban J connectivity index is 3.36. The van der Waals surface area contributed by atoms with Crippen LogP contribution in [0.25, 0.3) is 0 Å². The molecule has 1 rings (SSSR count). The van der Waals surface area contributed by atoms with Gasteiger partial charge in [0.15, 0.2) is 0 Å². The average molecular weight is 309 g/mol. The van der Waals surface area contributed by atoms with Gasteiger partial charge in [0.2, 0.25) is 0 Å². The molecule has 0 amide bonds. The summed E-state index contributed by atoms with van der Waals surface area (Å²) in [5.41, 5.74) is 1.44. The molecular formula is C8H4Br2ClN. The van der Waals surface area contributed by atoms with E-state index in [9.17, 15) is 0 Å². The van der Waals surface area contributed by atoms with E-state index in [0.717, 1.165) is 14.5 Å². The fraction of sp³-hybridized carbons (Fsp3) is 0.125. The predicted molar refractivity (Wildman–Crippen MR) is 56.1 cm³/mol. The molecule has 0 unspecified atom stereocenters. The summed E-state index contributed by atoms with van der Waals surface area (Å²) >= 11 is 12.3. The van der Waals surface area contributed by atoms with Gasteiger partial charge in [0.25, 0.3) is 0 Å². The number of benzene rings is 1. The van der Waals surface area contributed by atoms with Crippen molar-refractivity contribution in [2.24, 2.45) is 0 Å². The van der Waals surface area contributed by atoms with Gasteiger partial charge in [-0.3, -0.25) is 0 Å². The van der Waals surface area contributed by atoms with E-state index in [1.807, 2.05) is 6.07 Å². The third kappa shape index (κ3) is 2.01. The highest BCUT2D eigenvalue weighted by atomic mass is 79.9. The van der Waals surface area contributed by atoms with Gasteiger partial charge in [-0.2, -0.15) is 5.26 Å². The Morgan fingerprint density at radius 1 is 1.42 bits per heavy atom. The van der Waals surface area contributed by atoms with Crippen LogP contribution in [0.4, 0.5) is 0 Å². The van der Waals surface area contributed by atoms with E-state index in [0.29, 0.717) is 11.4 Å². The second-order valence-corrected chi connectivity index (χ2v) is 4.20. The van der Waals surface area contributed by atoms with Crippen LogP contribution in [-0.2, 0) is 5.88 Å². The maximum atomic E-state index is 8.75. The van der Waals surface area contributed by atoms with Crippen LogP contribution in [0.3, 0.4) is 0 Å². The molecule has 0 saturated heterocycles. The van der Waals surface area contributed by atoms with Crippen molar-refractivity contribution in [2.45, 2.75) is 5.88 Å². The lowest BCUT2D eigenvalue weighted by Crippen LogP contribution is -1.87. The predicted octanol–water partition coefficient (Wildman–Crippen LogP) is 3.82. The lowest BCUT2D eigenvalue weighted by molar-refractivity contribution is 1.31. The Labute approximate surface area is 92.6 Å². The van der Waals surface area contributed by atoms with Gasteiger partial charge in [0, 0.05) is 14.8 Å². The molecule has 0 aromatic heterocycles. The minimum atomic E-state index is 0.344. The molecule has 0 spiro atoms. The zero-order chi connectivity index (χ0) is 9.14. The summed E-state index contributed by atoms with van der Waals surface area (Å²) in [6, 6.07) is 5.71. The van der Waals surface area contributed by atoms with Crippen molar-refractivity contribution in [1.82, 2.24) is 0 Å². The maximum Gasteiger partial charge on any atom is 0.0995 e. The standard InChI is InChI=1S/C8H4Br2ClN/c9-6-1-5(4-12)7(3-11)8(10)2-6/h1-2H,3H2. The molecule has 1 aromatic rings. The van der Waals surface area contributed by atoms with Crippen molar-refractivity contribution in [3.63, 3.8) is 0 Å². The number of hydrogen-bond acceptors (Lipinski definition) is 1. The van der Waals surface area contributed by atoms with Gasteiger partial charge in [-0.1, -0.05) is 31.9 Å². The van der Waals surface area contributed by atoms with Crippen LogP contribution in [0.1, 0.15) is 11.1 Å². The van der Waals surface area contributed by atoms with Crippen LogP contribution in [0.2, 0.25) is 0 Å². The monoisotopic (exact) mass is 307 g/mol. The van der Waals surface area contributed by atoms with Crippen LogP contribution in [0, 0.1) is 11.3 Å². The molecule has 0 heterocycles. The van der Waals surface area contributed by atoms with Gasteiger partial charge >= 0.3 is 0 Å². The molecule has 4 heteroatoms. The summed E-state index contributed by atoms with van der Waals surface area (Å²) in [5.74, 6) is 0.344. The summed E-state index contributed by atoms with van der Waals surface area (Å²) in [4.78, 5) is 0. The summed E-state index contributed by atoms with van der Waals surface area (Å²) in [6.07, 6.45) is 0. The second-order valence-electron chi connectivity index (χ2n) is 2.16. The first-order valence-corrected chi connectivity index (χ1v) is 5.25. The number of halogens is 3. The summed E-state index contributed by atoms with van der Waals surface area (Å²) in [6.45, 7) is 0.